The molecule has 0 spiro atoms. The number of benzene rings is 4. The Morgan fingerprint density at radius 2 is 1.47 bits per heavy atom. The number of carbonyl (C=O) groups excluding carboxylic acids is 1. The highest BCUT2D eigenvalue weighted by atomic mass is 16.7. The van der Waals surface area contributed by atoms with Crippen molar-refractivity contribution in [2.24, 2.45) is 16.7 Å². The van der Waals surface area contributed by atoms with Crippen LogP contribution in [-0.4, -0.2) is 41.3 Å². The Bertz CT molecular complexity index is 1790. The van der Waals surface area contributed by atoms with Gasteiger partial charge in [0.25, 0.3) is 0 Å². The maximum atomic E-state index is 12.5. The van der Waals surface area contributed by atoms with E-state index in [0.29, 0.717) is 30.0 Å². The number of carbonyl (C=O) groups is 1. The maximum absolute atomic E-state index is 12.5. The molecule has 2 unspecified atom stereocenters. The average Bonchev–Trinajstić information content (AvgIpc) is 3.38. The zero-order valence-corrected chi connectivity index (χ0v) is 30.5. The number of likely N-dealkylation sites (tertiary alicyclic amines) is 1. The second-order valence-electron chi connectivity index (χ2n) is 16.3. The lowest BCUT2D eigenvalue weighted by molar-refractivity contribution is -0.276. The number of ether oxygens (including phenoxy) is 2. The number of rotatable bonds is 10. The van der Waals surface area contributed by atoms with Gasteiger partial charge in [-0.3, -0.25) is 4.90 Å². The summed E-state index contributed by atoms with van der Waals surface area (Å²) in [6.07, 6.45) is 3.07. The van der Waals surface area contributed by atoms with Crippen molar-refractivity contribution in [3.63, 3.8) is 0 Å². The summed E-state index contributed by atoms with van der Waals surface area (Å²) >= 11 is 0. The number of fused-ring (bicyclic) bond motifs is 2. The summed E-state index contributed by atoms with van der Waals surface area (Å²) in [6.45, 7) is 12.5. The fourth-order valence-electron chi connectivity index (χ4n) is 9.10. The molecule has 7 rings (SSSR count). The molecule has 268 valence electrons. The van der Waals surface area contributed by atoms with Gasteiger partial charge >= 0.3 is 6.03 Å². The minimum absolute atomic E-state index is 0.0107. The van der Waals surface area contributed by atoms with E-state index in [1.165, 1.54) is 19.3 Å². The van der Waals surface area contributed by atoms with Crippen molar-refractivity contribution in [1.29, 1.82) is 0 Å². The van der Waals surface area contributed by atoms with Gasteiger partial charge in [0.2, 0.25) is 0 Å². The Kier molecular flexibility index (Phi) is 10.4. The molecular formula is C44H53N3O4. The van der Waals surface area contributed by atoms with Crippen LogP contribution >= 0.6 is 0 Å². The van der Waals surface area contributed by atoms with E-state index < -0.39 is 6.29 Å². The van der Waals surface area contributed by atoms with E-state index in [0.717, 1.165) is 52.0 Å². The lowest BCUT2D eigenvalue weighted by Gasteiger charge is -2.43. The zero-order valence-electron chi connectivity index (χ0n) is 30.5. The molecule has 4 aromatic carbocycles. The lowest BCUT2D eigenvalue weighted by Crippen LogP contribution is -2.46. The quantitative estimate of drug-likeness (QED) is 0.156. The summed E-state index contributed by atoms with van der Waals surface area (Å²) in [5.74, 6) is 0.139. The third-order valence-electron chi connectivity index (χ3n) is 11.2. The van der Waals surface area contributed by atoms with E-state index in [9.17, 15) is 9.90 Å². The minimum Gasteiger partial charge on any atom is -0.392 e. The molecule has 2 aliphatic heterocycles. The Balaban J connectivity index is 1.08. The molecule has 51 heavy (non-hydrogen) atoms. The van der Waals surface area contributed by atoms with Crippen molar-refractivity contribution >= 4 is 6.03 Å². The fourth-order valence-corrected chi connectivity index (χ4v) is 9.10. The molecule has 0 radical (unpaired) electrons. The second-order valence-corrected chi connectivity index (χ2v) is 16.3. The summed E-state index contributed by atoms with van der Waals surface area (Å²) < 4.78 is 13.8. The normalized spacial score (nSPS) is 27.2. The molecule has 3 N–H and O–H groups in total. The van der Waals surface area contributed by atoms with Crippen molar-refractivity contribution in [3.05, 3.63) is 131 Å². The standard InChI is InChI=1S/C44H53N3O4/c1-30-39(26-47-29-44(4)23-38(47)22-43(2,3)28-44)50-41(51-40(30)34-18-16-32(27-48)17-19-34)37-15-9-14-36(21-37)35-13-8-12-33(20-35)25-46-42(49)45-24-31-10-6-5-7-11-31/h5-21,30,38-41,48H,22-29H2,1-4H3,(H2,45,46,49)/t30-,38?,39+,40+,41+,44?/m1/s1. The highest BCUT2D eigenvalue weighted by Crippen LogP contribution is 2.53. The first-order chi connectivity index (χ1) is 24.6. The Hall–Kier alpha value is -4.01. The van der Waals surface area contributed by atoms with Gasteiger partial charge in [0.05, 0.1) is 18.8 Å². The van der Waals surface area contributed by atoms with Gasteiger partial charge < -0.3 is 25.2 Å². The third-order valence-corrected chi connectivity index (χ3v) is 11.2. The number of nitrogens with zero attached hydrogens (tertiary/aromatic N) is 1. The zero-order chi connectivity index (χ0) is 35.6. The summed E-state index contributed by atoms with van der Waals surface area (Å²) in [7, 11) is 0. The van der Waals surface area contributed by atoms with Crippen molar-refractivity contribution in [2.45, 2.75) is 91.2 Å². The van der Waals surface area contributed by atoms with E-state index in [-0.39, 0.29) is 30.8 Å². The predicted octanol–water partition coefficient (Wildman–Crippen LogP) is 8.54. The van der Waals surface area contributed by atoms with Crippen LogP contribution in [0.3, 0.4) is 0 Å². The number of aliphatic hydroxyl groups excluding tert-OH is 1. The average molecular weight is 688 g/mol. The Morgan fingerprint density at radius 3 is 2.22 bits per heavy atom. The molecule has 6 atom stereocenters. The van der Waals surface area contributed by atoms with Crippen LogP contribution in [0.25, 0.3) is 11.1 Å². The number of urea groups is 1. The number of amides is 2. The third kappa shape index (κ3) is 8.39. The first-order valence-corrected chi connectivity index (χ1v) is 18.6. The van der Waals surface area contributed by atoms with E-state index in [1.807, 2.05) is 54.6 Å². The lowest BCUT2D eigenvalue weighted by atomic mass is 9.65. The molecule has 7 nitrogen and oxygen atoms in total. The van der Waals surface area contributed by atoms with Gasteiger partial charge in [-0.05, 0) is 75.6 Å². The van der Waals surface area contributed by atoms with Gasteiger partial charge in [-0.15, -0.1) is 0 Å². The molecule has 7 heteroatoms. The predicted molar refractivity (Wildman–Crippen MR) is 201 cm³/mol. The first kappa shape index (κ1) is 35.4. The molecule has 1 aliphatic carbocycles. The van der Waals surface area contributed by atoms with Crippen molar-refractivity contribution in [1.82, 2.24) is 15.5 Å². The number of hydrogen-bond donors (Lipinski definition) is 3. The van der Waals surface area contributed by atoms with Crippen LogP contribution in [0.15, 0.2) is 103 Å². The topological polar surface area (TPSA) is 83.1 Å². The molecule has 2 bridgehead atoms. The molecular weight excluding hydrogens is 635 g/mol. The van der Waals surface area contributed by atoms with Crippen LogP contribution in [0.1, 0.15) is 87.2 Å². The first-order valence-electron chi connectivity index (χ1n) is 18.6. The van der Waals surface area contributed by atoms with Crippen molar-refractivity contribution in [3.8, 4) is 11.1 Å². The molecule has 2 heterocycles. The molecule has 3 fully saturated rings. The molecule has 1 saturated carbocycles. The van der Waals surface area contributed by atoms with Gasteiger partial charge in [-0.2, -0.15) is 0 Å². The summed E-state index contributed by atoms with van der Waals surface area (Å²) in [4.78, 5) is 15.2. The van der Waals surface area contributed by atoms with E-state index >= 15 is 0 Å². The van der Waals surface area contributed by atoms with Gasteiger partial charge in [-0.25, -0.2) is 4.79 Å². The monoisotopic (exact) mass is 687 g/mol. The summed E-state index contributed by atoms with van der Waals surface area (Å²) in [5.41, 5.74) is 7.91. The van der Waals surface area contributed by atoms with Gasteiger partial charge in [0.15, 0.2) is 6.29 Å². The smallest absolute Gasteiger partial charge is 0.315 e. The van der Waals surface area contributed by atoms with Crippen LogP contribution in [0.2, 0.25) is 0 Å². The number of hydrogen-bond acceptors (Lipinski definition) is 5. The van der Waals surface area contributed by atoms with E-state index in [2.05, 4.69) is 91.8 Å². The van der Waals surface area contributed by atoms with Crippen LogP contribution in [-0.2, 0) is 29.2 Å². The number of aliphatic hydroxyl groups is 1. The van der Waals surface area contributed by atoms with Gasteiger partial charge in [-0.1, -0.05) is 119 Å². The molecule has 3 aliphatic rings. The molecule has 4 aromatic rings. The molecule has 2 saturated heterocycles. The van der Waals surface area contributed by atoms with Crippen LogP contribution in [0.4, 0.5) is 4.79 Å². The Labute approximate surface area is 303 Å². The SMILES string of the molecule is C[C@@H]1[C@H](CN2CC3(C)CC2CC(C)(C)C3)O[C@H](c2cccc(-c3cccc(CNC(=O)NCc4ccccc4)c3)c2)O[C@@H]1c1ccc(CO)cc1. The maximum Gasteiger partial charge on any atom is 0.315 e. The van der Waals surface area contributed by atoms with Crippen LogP contribution in [0.5, 0.6) is 0 Å². The highest BCUT2D eigenvalue weighted by molar-refractivity contribution is 5.74. The highest BCUT2D eigenvalue weighted by Gasteiger charge is 2.51. The Morgan fingerprint density at radius 1 is 0.784 bits per heavy atom. The second kappa shape index (κ2) is 14.9. The van der Waals surface area contributed by atoms with Gasteiger partial charge in [0, 0.05) is 43.7 Å². The van der Waals surface area contributed by atoms with Crippen LogP contribution in [0, 0.1) is 16.7 Å². The minimum atomic E-state index is -0.527. The summed E-state index contributed by atoms with van der Waals surface area (Å²) in [6, 6.07) is 35.2. The van der Waals surface area contributed by atoms with Crippen LogP contribution < -0.4 is 10.6 Å². The largest absolute Gasteiger partial charge is 0.392 e. The van der Waals surface area contributed by atoms with Crippen molar-refractivity contribution in [2.75, 3.05) is 13.1 Å². The molecule has 0 aromatic heterocycles. The van der Waals surface area contributed by atoms with E-state index in [4.69, 9.17) is 9.47 Å². The van der Waals surface area contributed by atoms with E-state index in [1.54, 1.807) is 0 Å². The molecule has 2 amide bonds. The van der Waals surface area contributed by atoms with Crippen molar-refractivity contribution < 1.29 is 19.4 Å². The number of nitrogens with one attached hydrogen (secondary N) is 2. The fraction of sp³-hybridized carbons (Fsp3) is 0.432. The summed E-state index contributed by atoms with van der Waals surface area (Å²) in [5, 5.41) is 15.6. The van der Waals surface area contributed by atoms with Gasteiger partial charge in [0.1, 0.15) is 0 Å².